The predicted octanol–water partition coefficient (Wildman–Crippen LogP) is 2.61. The lowest BCUT2D eigenvalue weighted by Gasteiger charge is -2.26. The van der Waals surface area contributed by atoms with Gasteiger partial charge in [-0.3, -0.25) is 11.3 Å². The summed E-state index contributed by atoms with van der Waals surface area (Å²) >= 11 is 0. The number of nitrogens with one attached hydrogen (secondary N) is 1. The highest BCUT2D eigenvalue weighted by atomic mass is 15.2. The van der Waals surface area contributed by atoms with Crippen molar-refractivity contribution in [3.63, 3.8) is 0 Å². The molecule has 0 heterocycles. The Balaban J connectivity index is 1.82. The van der Waals surface area contributed by atoms with Crippen molar-refractivity contribution in [3.8, 4) is 0 Å². The van der Waals surface area contributed by atoms with E-state index in [9.17, 15) is 0 Å². The number of rotatable bonds is 5. The van der Waals surface area contributed by atoms with Gasteiger partial charge in [-0.05, 0) is 56.8 Å². The number of fused-ring (bicyclic) bond motifs is 2. The molecule has 0 radical (unpaired) electrons. The second-order valence-corrected chi connectivity index (χ2v) is 5.70. The second kappa shape index (κ2) is 4.67. The molecule has 86 valence electrons. The van der Waals surface area contributed by atoms with Crippen LogP contribution in [-0.4, -0.2) is 6.04 Å². The molecule has 0 aromatic heterocycles. The molecule has 2 bridgehead atoms. The number of hydrogen-bond acceptors (Lipinski definition) is 2. The molecule has 2 fully saturated rings. The van der Waals surface area contributed by atoms with E-state index < -0.39 is 0 Å². The summed E-state index contributed by atoms with van der Waals surface area (Å²) in [5.41, 5.74) is 4.20. The standard InChI is InChI=1S/C13H24N2/c1-9(2)5-13(15-14)8-12-7-10-3-4-11(12)6-10/h10-13,15H,1,3-8,14H2,2H3. The van der Waals surface area contributed by atoms with E-state index in [1.807, 2.05) is 0 Å². The highest BCUT2D eigenvalue weighted by Gasteiger charge is 2.39. The van der Waals surface area contributed by atoms with Gasteiger partial charge in [0.05, 0.1) is 0 Å². The molecular weight excluding hydrogens is 184 g/mol. The molecule has 0 saturated heterocycles. The molecule has 0 aromatic rings. The first-order valence-electron chi connectivity index (χ1n) is 6.29. The van der Waals surface area contributed by atoms with E-state index in [4.69, 9.17) is 5.84 Å². The largest absolute Gasteiger partial charge is 0.271 e. The van der Waals surface area contributed by atoms with Crippen LogP contribution in [0.1, 0.15) is 45.4 Å². The van der Waals surface area contributed by atoms with Crippen LogP contribution in [0.25, 0.3) is 0 Å². The monoisotopic (exact) mass is 208 g/mol. The highest BCUT2D eigenvalue weighted by Crippen LogP contribution is 2.50. The van der Waals surface area contributed by atoms with Crippen molar-refractivity contribution in [2.75, 3.05) is 0 Å². The fourth-order valence-electron chi connectivity index (χ4n) is 3.66. The number of hydrazine groups is 1. The molecule has 4 unspecified atom stereocenters. The van der Waals surface area contributed by atoms with E-state index in [1.165, 1.54) is 37.7 Å². The molecule has 3 N–H and O–H groups in total. The Kier molecular flexibility index (Phi) is 3.47. The zero-order valence-corrected chi connectivity index (χ0v) is 9.84. The topological polar surface area (TPSA) is 38.0 Å². The predicted molar refractivity (Wildman–Crippen MR) is 64.1 cm³/mol. The Morgan fingerprint density at radius 2 is 2.27 bits per heavy atom. The van der Waals surface area contributed by atoms with Gasteiger partial charge in [-0.2, -0.15) is 0 Å². The lowest BCUT2D eigenvalue weighted by molar-refractivity contribution is 0.277. The zero-order chi connectivity index (χ0) is 10.8. The number of hydrogen-bond donors (Lipinski definition) is 2. The first-order valence-corrected chi connectivity index (χ1v) is 6.29. The van der Waals surface area contributed by atoms with Crippen LogP contribution in [0.4, 0.5) is 0 Å². The van der Waals surface area contributed by atoms with Crippen LogP contribution in [-0.2, 0) is 0 Å². The normalized spacial score (nSPS) is 35.7. The van der Waals surface area contributed by atoms with Crippen LogP contribution in [0.3, 0.4) is 0 Å². The van der Waals surface area contributed by atoms with Crippen molar-refractivity contribution in [3.05, 3.63) is 12.2 Å². The third kappa shape index (κ3) is 2.61. The van der Waals surface area contributed by atoms with Gasteiger partial charge in [-0.15, -0.1) is 6.58 Å². The average molecular weight is 208 g/mol. The van der Waals surface area contributed by atoms with Gasteiger partial charge in [-0.1, -0.05) is 12.0 Å². The van der Waals surface area contributed by atoms with Gasteiger partial charge in [0.15, 0.2) is 0 Å². The van der Waals surface area contributed by atoms with Crippen molar-refractivity contribution < 1.29 is 0 Å². The van der Waals surface area contributed by atoms with Crippen LogP contribution >= 0.6 is 0 Å². The van der Waals surface area contributed by atoms with Crippen LogP contribution in [0.5, 0.6) is 0 Å². The molecule has 2 aliphatic rings. The van der Waals surface area contributed by atoms with Crippen LogP contribution < -0.4 is 11.3 Å². The molecule has 0 spiro atoms. The van der Waals surface area contributed by atoms with Crippen LogP contribution in [0, 0.1) is 17.8 Å². The molecule has 2 nitrogen and oxygen atoms in total. The molecule has 0 aliphatic heterocycles. The zero-order valence-electron chi connectivity index (χ0n) is 9.84. The molecule has 15 heavy (non-hydrogen) atoms. The van der Waals surface area contributed by atoms with Crippen LogP contribution in [0.15, 0.2) is 12.2 Å². The maximum absolute atomic E-state index is 5.61. The van der Waals surface area contributed by atoms with Crippen molar-refractivity contribution in [1.82, 2.24) is 5.43 Å². The van der Waals surface area contributed by atoms with Gasteiger partial charge in [0.25, 0.3) is 0 Å². The van der Waals surface area contributed by atoms with Crippen molar-refractivity contribution in [2.24, 2.45) is 23.6 Å². The lowest BCUT2D eigenvalue weighted by atomic mass is 9.83. The minimum absolute atomic E-state index is 0.451. The van der Waals surface area contributed by atoms with Crippen LogP contribution in [0.2, 0.25) is 0 Å². The summed E-state index contributed by atoms with van der Waals surface area (Å²) in [6.07, 6.45) is 8.20. The fraction of sp³-hybridized carbons (Fsp3) is 0.846. The van der Waals surface area contributed by atoms with Gasteiger partial charge in [-0.25, -0.2) is 0 Å². The van der Waals surface area contributed by atoms with Crippen molar-refractivity contribution in [1.29, 1.82) is 0 Å². The summed E-state index contributed by atoms with van der Waals surface area (Å²) in [6.45, 7) is 6.06. The van der Waals surface area contributed by atoms with Gasteiger partial charge in [0.2, 0.25) is 0 Å². The van der Waals surface area contributed by atoms with E-state index in [0.717, 1.165) is 24.2 Å². The molecule has 2 saturated carbocycles. The third-order valence-electron chi connectivity index (χ3n) is 4.30. The Labute approximate surface area is 93.3 Å². The summed E-state index contributed by atoms with van der Waals surface area (Å²) < 4.78 is 0. The van der Waals surface area contributed by atoms with E-state index in [2.05, 4.69) is 18.9 Å². The minimum atomic E-state index is 0.451. The van der Waals surface area contributed by atoms with E-state index in [1.54, 1.807) is 0 Å². The SMILES string of the molecule is C=C(C)CC(CC1CC2CCC1C2)NN. The average Bonchev–Trinajstić information content (AvgIpc) is 2.77. The van der Waals surface area contributed by atoms with E-state index in [0.29, 0.717) is 6.04 Å². The molecule has 0 aromatic carbocycles. The molecule has 0 amide bonds. The molecular formula is C13H24N2. The Bertz CT molecular complexity index is 237. The second-order valence-electron chi connectivity index (χ2n) is 5.70. The Morgan fingerprint density at radius 1 is 1.47 bits per heavy atom. The van der Waals surface area contributed by atoms with Gasteiger partial charge >= 0.3 is 0 Å². The fourth-order valence-corrected chi connectivity index (χ4v) is 3.66. The molecule has 2 aliphatic carbocycles. The van der Waals surface area contributed by atoms with Gasteiger partial charge in [0.1, 0.15) is 0 Å². The smallest absolute Gasteiger partial charge is 0.0250 e. The van der Waals surface area contributed by atoms with Crippen molar-refractivity contribution >= 4 is 0 Å². The quantitative estimate of drug-likeness (QED) is 0.414. The maximum atomic E-state index is 5.61. The highest BCUT2D eigenvalue weighted by molar-refractivity contribution is 4.96. The van der Waals surface area contributed by atoms with Gasteiger partial charge < -0.3 is 0 Å². The number of nitrogens with two attached hydrogens (primary N) is 1. The molecule has 4 atom stereocenters. The lowest BCUT2D eigenvalue weighted by Crippen LogP contribution is -2.37. The Hall–Kier alpha value is -0.340. The summed E-state index contributed by atoms with van der Waals surface area (Å²) in [5, 5.41) is 0. The van der Waals surface area contributed by atoms with E-state index >= 15 is 0 Å². The molecule has 2 rings (SSSR count). The molecule has 2 heteroatoms. The maximum Gasteiger partial charge on any atom is 0.0250 e. The first kappa shape index (κ1) is 11.2. The summed E-state index contributed by atoms with van der Waals surface area (Å²) in [4.78, 5) is 0. The summed E-state index contributed by atoms with van der Waals surface area (Å²) in [6, 6.07) is 0.451. The Morgan fingerprint density at radius 3 is 2.73 bits per heavy atom. The minimum Gasteiger partial charge on any atom is -0.271 e. The summed E-state index contributed by atoms with van der Waals surface area (Å²) in [5.74, 6) is 8.60. The van der Waals surface area contributed by atoms with Gasteiger partial charge in [0, 0.05) is 6.04 Å². The van der Waals surface area contributed by atoms with Crippen molar-refractivity contribution in [2.45, 2.75) is 51.5 Å². The first-order chi connectivity index (χ1) is 7.19. The summed E-state index contributed by atoms with van der Waals surface area (Å²) in [7, 11) is 0. The van der Waals surface area contributed by atoms with E-state index in [-0.39, 0.29) is 0 Å². The third-order valence-corrected chi connectivity index (χ3v) is 4.30.